The third-order valence-electron chi connectivity index (χ3n) is 3.95. The molecule has 3 unspecified atom stereocenters. The van der Waals surface area contributed by atoms with Gasteiger partial charge < -0.3 is 0 Å². The molecule has 0 aromatic rings. The molecule has 0 amide bonds. The predicted molar refractivity (Wildman–Crippen MR) is 43.8 cm³/mol. The summed E-state index contributed by atoms with van der Waals surface area (Å²) in [5.41, 5.74) is 0.773. The van der Waals surface area contributed by atoms with E-state index in [4.69, 9.17) is 0 Å². The van der Waals surface area contributed by atoms with Crippen molar-refractivity contribution in [3.63, 3.8) is 0 Å². The van der Waals surface area contributed by atoms with Gasteiger partial charge in [0.1, 0.15) is 0 Å². The molecule has 2 aliphatic rings. The fourth-order valence-corrected chi connectivity index (χ4v) is 2.22. The van der Waals surface area contributed by atoms with Crippen LogP contribution in [0.5, 0.6) is 0 Å². The van der Waals surface area contributed by atoms with Crippen molar-refractivity contribution in [2.45, 2.75) is 40.0 Å². The van der Waals surface area contributed by atoms with Crippen LogP contribution in [0.4, 0.5) is 0 Å². The number of hydrogen-bond donors (Lipinski definition) is 0. The largest absolute Gasteiger partial charge is 0.0622 e. The Balaban J connectivity index is 1.93. The molecule has 0 bridgehead atoms. The fraction of sp³-hybridized carbons (Fsp3) is 1.00. The Kier molecular flexibility index (Phi) is 1.19. The summed E-state index contributed by atoms with van der Waals surface area (Å²) in [7, 11) is 0. The molecule has 0 heterocycles. The van der Waals surface area contributed by atoms with E-state index in [1.165, 1.54) is 19.3 Å². The van der Waals surface area contributed by atoms with Crippen LogP contribution in [0, 0.1) is 23.2 Å². The summed E-state index contributed by atoms with van der Waals surface area (Å²) in [5, 5.41) is 0. The summed E-state index contributed by atoms with van der Waals surface area (Å²) in [6.45, 7) is 7.32. The minimum atomic E-state index is 0.773. The van der Waals surface area contributed by atoms with Crippen molar-refractivity contribution in [2.24, 2.45) is 23.2 Å². The van der Waals surface area contributed by atoms with Crippen LogP contribution in [-0.4, -0.2) is 0 Å². The molecular formula is C10H18. The van der Waals surface area contributed by atoms with Crippen LogP contribution in [0.15, 0.2) is 0 Å². The van der Waals surface area contributed by atoms with Gasteiger partial charge in [-0.05, 0) is 42.4 Å². The Morgan fingerprint density at radius 1 is 1.40 bits per heavy atom. The van der Waals surface area contributed by atoms with E-state index in [0.717, 1.165) is 23.2 Å². The van der Waals surface area contributed by atoms with Gasteiger partial charge in [0.25, 0.3) is 0 Å². The third kappa shape index (κ3) is 0.889. The molecule has 58 valence electrons. The first-order valence-electron chi connectivity index (χ1n) is 4.63. The minimum absolute atomic E-state index is 0.773. The van der Waals surface area contributed by atoms with E-state index >= 15 is 0 Å². The van der Waals surface area contributed by atoms with E-state index < -0.39 is 0 Å². The van der Waals surface area contributed by atoms with Crippen LogP contribution in [0.1, 0.15) is 40.0 Å². The van der Waals surface area contributed by atoms with Crippen molar-refractivity contribution < 1.29 is 0 Å². The Hall–Kier alpha value is 0. The second kappa shape index (κ2) is 1.78. The first-order chi connectivity index (χ1) is 4.63. The molecule has 0 aliphatic heterocycles. The van der Waals surface area contributed by atoms with Gasteiger partial charge in [0.2, 0.25) is 0 Å². The van der Waals surface area contributed by atoms with Crippen molar-refractivity contribution in [1.29, 1.82) is 0 Å². The van der Waals surface area contributed by atoms with Crippen LogP contribution in [-0.2, 0) is 0 Å². The molecule has 0 aromatic carbocycles. The lowest BCUT2D eigenvalue weighted by Gasteiger charge is -2.17. The lowest BCUT2D eigenvalue weighted by Crippen LogP contribution is -2.11. The summed E-state index contributed by atoms with van der Waals surface area (Å²) in [4.78, 5) is 0. The van der Waals surface area contributed by atoms with E-state index in [-0.39, 0.29) is 0 Å². The molecule has 0 nitrogen and oxygen atoms in total. The lowest BCUT2D eigenvalue weighted by atomic mass is 9.88. The van der Waals surface area contributed by atoms with Gasteiger partial charge in [-0.1, -0.05) is 20.8 Å². The van der Waals surface area contributed by atoms with E-state index in [9.17, 15) is 0 Å². The summed E-state index contributed by atoms with van der Waals surface area (Å²) >= 11 is 0. The molecular weight excluding hydrogens is 120 g/mol. The van der Waals surface area contributed by atoms with E-state index in [1.807, 2.05) is 0 Å². The molecule has 0 radical (unpaired) electrons. The fourth-order valence-electron chi connectivity index (χ4n) is 2.22. The Morgan fingerprint density at radius 3 is 2.20 bits per heavy atom. The molecule has 2 fully saturated rings. The molecule has 2 aliphatic carbocycles. The third-order valence-corrected chi connectivity index (χ3v) is 3.95. The summed E-state index contributed by atoms with van der Waals surface area (Å²) < 4.78 is 0. The van der Waals surface area contributed by atoms with Crippen molar-refractivity contribution in [2.75, 3.05) is 0 Å². The standard InChI is InChI=1S/C10H18/c1-7-6-9(7)8(2)10(3)4-5-10/h7-9H,4-6H2,1-3H3. The number of rotatable bonds is 2. The molecule has 3 atom stereocenters. The maximum absolute atomic E-state index is 2.46. The molecule has 0 saturated heterocycles. The average Bonchev–Trinajstić information content (AvgIpc) is 2.71. The van der Waals surface area contributed by atoms with Crippen LogP contribution in [0.3, 0.4) is 0 Å². The van der Waals surface area contributed by atoms with Gasteiger partial charge in [0.15, 0.2) is 0 Å². The van der Waals surface area contributed by atoms with Gasteiger partial charge in [-0.25, -0.2) is 0 Å². The van der Waals surface area contributed by atoms with Gasteiger partial charge in [-0.2, -0.15) is 0 Å². The molecule has 2 rings (SSSR count). The highest BCUT2D eigenvalue weighted by Crippen LogP contribution is 2.60. The molecule has 2 saturated carbocycles. The van der Waals surface area contributed by atoms with Crippen molar-refractivity contribution in [3.05, 3.63) is 0 Å². The van der Waals surface area contributed by atoms with Crippen LogP contribution >= 0.6 is 0 Å². The summed E-state index contributed by atoms with van der Waals surface area (Å²) in [5.74, 6) is 3.16. The predicted octanol–water partition coefficient (Wildman–Crippen LogP) is 3.08. The van der Waals surface area contributed by atoms with E-state index in [2.05, 4.69) is 20.8 Å². The smallest absolute Gasteiger partial charge is 0.0297 e. The lowest BCUT2D eigenvalue weighted by molar-refractivity contribution is 0.312. The molecule has 10 heavy (non-hydrogen) atoms. The molecule has 0 heteroatoms. The Morgan fingerprint density at radius 2 is 1.90 bits per heavy atom. The Bertz CT molecular complexity index is 144. The summed E-state index contributed by atoms with van der Waals surface area (Å²) in [6.07, 6.45) is 4.51. The highest BCUT2D eigenvalue weighted by Gasteiger charge is 2.50. The Labute approximate surface area is 64.0 Å². The van der Waals surface area contributed by atoms with Gasteiger partial charge in [-0.3, -0.25) is 0 Å². The first kappa shape index (κ1) is 6.69. The SMILES string of the molecule is CC1CC1C(C)C1(C)CC1. The molecule has 0 aromatic heterocycles. The second-order valence-electron chi connectivity index (χ2n) is 4.82. The maximum Gasteiger partial charge on any atom is -0.0297 e. The van der Waals surface area contributed by atoms with Crippen LogP contribution in [0.2, 0.25) is 0 Å². The first-order valence-corrected chi connectivity index (χ1v) is 4.63. The highest BCUT2D eigenvalue weighted by atomic mass is 14.6. The van der Waals surface area contributed by atoms with E-state index in [0.29, 0.717) is 0 Å². The van der Waals surface area contributed by atoms with Gasteiger partial charge in [0.05, 0.1) is 0 Å². The highest BCUT2D eigenvalue weighted by molar-refractivity contribution is 5.00. The quantitative estimate of drug-likeness (QED) is 0.550. The zero-order valence-corrected chi connectivity index (χ0v) is 7.35. The monoisotopic (exact) mass is 138 g/mol. The van der Waals surface area contributed by atoms with Crippen LogP contribution < -0.4 is 0 Å². The van der Waals surface area contributed by atoms with Crippen LogP contribution in [0.25, 0.3) is 0 Å². The molecule has 0 N–H and O–H groups in total. The van der Waals surface area contributed by atoms with Crippen molar-refractivity contribution in [1.82, 2.24) is 0 Å². The summed E-state index contributed by atoms with van der Waals surface area (Å²) in [6, 6.07) is 0. The van der Waals surface area contributed by atoms with E-state index in [1.54, 1.807) is 0 Å². The maximum atomic E-state index is 2.46. The minimum Gasteiger partial charge on any atom is -0.0622 e. The average molecular weight is 138 g/mol. The number of hydrogen-bond acceptors (Lipinski definition) is 0. The zero-order chi connectivity index (χ0) is 7.35. The van der Waals surface area contributed by atoms with Crippen molar-refractivity contribution >= 4 is 0 Å². The molecule has 0 spiro atoms. The van der Waals surface area contributed by atoms with Gasteiger partial charge in [0, 0.05) is 0 Å². The topological polar surface area (TPSA) is 0 Å². The van der Waals surface area contributed by atoms with Gasteiger partial charge in [-0.15, -0.1) is 0 Å². The normalized spacial score (nSPS) is 44.7. The van der Waals surface area contributed by atoms with Crippen molar-refractivity contribution in [3.8, 4) is 0 Å². The second-order valence-corrected chi connectivity index (χ2v) is 4.82. The zero-order valence-electron chi connectivity index (χ0n) is 7.35. The van der Waals surface area contributed by atoms with Gasteiger partial charge >= 0.3 is 0 Å².